The molecule has 2 fully saturated rings. The molecule has 1 saturated carbocycles. The summed E-state index contributed by atoms with van der Waals surface area (Å²) in [5.41, 5.74) is 1.14. The highest BCUT2D eigenvalue weighted by molar-refractivity contribution is 9.10. The minimum absolute atomic E-state index is 0. The van der Waals surface area contributed by atoms with Gasteiger partial charge < -0.3 is 5.32 Å². The Morgan fingerprint density at radius 1 is 1.14 bits per heavy atom. The van der Waals surface area contributed by atoms with Crippen LogP contribution >= 0.6 is 28.3 Å². The van der Waals surface area contributed by atoms with Crippen LogP contribution < -0.4 is 5.32 Å². The normalized spacial score (nSPS) is 22.1. The maximum Gasteiger partial charge on any atom is 0.123 e. The molecule has 1 aliphatic carbocycles. The van der Waals surface area contributed by atoms with Crippen molar-refractivity contribution in [3.8, 4) is 0 Å². The van der Waals surface area contributed by atoms with Crippen molar-refractivity contribution in [1.82, 2.24) is 10.2 Å². The number of piperazine rings is 1. The van der Waals surface area contributed by atoms with Gasteiger partial charge in [0.25, 0.3) is 0 Å². The molecule has 0 aromatic heterocycles. The van der Waals surface area contributed by atoms with Crippen LogP contribution in [-0.2, 0) is 0 Å². The van der Waals surface area contributed by atoms with Gasteiger partial charge in [0.1, 0.15) is 5.82 Å². The van der Waals surface area contributed by atoms with E-state index < -0.39 is 0 Å². The van der Waals surface area contributed by atoms with E-state index in [0.717, 1.165) is 36.2 Å². The molecule has 1 heterocycles. The molecule has 2 aliphatic rings. The van der Waals surface area contributed by atoms with Crippen molar-refractivity contribution in [2.24, 2.45) is 5.92 Å². The lowest BCUT2D eigenvalue weighted by atomic mass is 9.80. The number of hydrogen-bond acceptors (Lipinski definition) is 2. The van der Waals surface area contributed by atoms with Gasteiger partial charge in [0.15, 0.2) is 0 Å². The van der Waals surface area contributed by atoms with E-state index in [1.54, 1.807) is 12.1 Å². The zero-order valence-electron chi connectivity index (χ0n) is 12.9. The summed E-state index contributed by atoms with van der Waals surface area (Å²) in [6.07, 6.45) is 6.55. The predicted octanol–water partition coefficient (Wildman–Crippen LogP) is 4.54. The Balaban J connectivity index is 0.00000176. The molecule has 1 saturated heterocycles. The molecule has 124 valence electrons. The first kappa shape index (κ1) is 18.2. The molecule has 3 rings (SSSR count). The minimum Gasteiger partial charge on any atom is -0.314 e. The summed E-state index contributed by atoms with van der Waals surface area (Å²) in [5.74, 6) is 0.541. The number of nitrogens with zero attached hydrogens (tertiary/aromatic N) is 1. The summed E-state index contributed by atoms with van der Waals surface area (Å²) in [4.78, 5) is 2.56. The highest BCUT2D eigenvalue weighted by Gasteiger charge is 2.32. The molecule has 2 nitrogen and oxygen atoms in total. The smallest absolute Gasteiger partial charge is 0.123 e. The summed E-state index contributed by atoms with van der Waals surface area (Å²) in [7, 11) is 0. The van der Waals surface area contributed by atoms with E-state index in [9.17, 15) is 4.39 Å². The Morgan fingerprint density at radius 3 is 2.50 bits per heavy atom. The second-order valence-electron chi connectivity index (χ2n) is 6.29. The van der Waals surface area contributed by atoms with E-state index in [1.165, 1.54) is 32.1 Å². The second kappa shape index (κ2) is 8.62. The van der Waals surface area contributed by atoms with Gasteiger partial charge in [0, 0.05) is 36.7 Å². The lowest BCUT2D eigenvalue weighted by Gasteiger charge is -2.41. The minimum atomic E-state index is -0.121. The first-order valence-corrected chi connectivity index (χ1v) is 8.95. The third kappa shape index (κ3) is 4.22. The van der Waals surface area contributed by atoms with Crippen LogP contribution in [0.5, 0.6) is 0 Å². The Hall–Kier alpha value is -0.160. The topological polar surface area (TPSA) is 15.3 Å². The standard InChI is InChI=1S/C17H24BrFN2.ClH/c18-16-7-6-14(19)12-15(16)17(13-4-2-1-3-5-13)21-10-8-20-9-11-21;/h6-7,12-13,17,20H,1-5,8-11H2;1H/t17-;/m0./s1. The van der Waals surface area contributed by atoms with Crippen LogP contribution in [0.25, 0.3) is 0 Å². The Kier molecular flexibility index (Phi) is 7.13. The monoisotopic (exact) mass is 390 g/mol. The fourth-order valence-electron chi connectivity index (χ4n) is 3.90. The summed E-state index contributed by atoms with van der Waals surface area (Å²) in [5, 5.41) is 3.42. The van der Waals surface area contributed by atoms with Gasteiger partial charge in [-0.2, -0.15) is 0 Å². The van der Waals surface area contributed by atoms with Gasteiger partial charge in [-0.15, -0.1) is 12.4 Å². The van der Waals surface area contributed by atoms with Crippen molar-refractivity contribution in [2.45, 2.75) is 38.1 Å². The van der Waals surface area contributed by atoms with E-state index in [1.807, 2.05) is 6.07 Å². The summed E-state index contributed by atoms with van der Waals surface area (Å²) in [6.45, 7) is 4.19. The number of halogens is 3. The van der Waals surface area contributed by atoms with Crippen LogP contribution in [0, 0.1) is 11.7 Å². The first-order valence-electron chi connectivity index (χ1n) is 8.15. The van der Waals surface area contributed by atoms with Gasteiger partial charge in [-0.3, -0.25) is 4.90 Å². The van der Waals surface area contributed by atoms with Gasteiger partial charge in [0.05, 0.1) is 0 Å². The molecule has 0 bridgehead atoms. The van der Waals surface area contributed by atoms with Crippen LogP contribution in [0.3, 0.4) is 0 Å². The molecule has 1 aromatic carbocycles. The molecule has 1 atom stereocenters. The fourth-order valence-corrected chi connectivity index (χ4v) is 4.38. The Morgan fingerprint density at radius 2 is 1.82 bits per heavy atom. The fraction of sp³-hybridized carbons (Fsp3) is 0.647. The molecule has 5 heteroatoms. The predicted molar refractivity (Wildman–Crippen MR) is 95.1 cm³/mol. The van der Waals surface area contributed by atoms with Crippen molar-refractivity contribution in [3.63, 3.8) is 0 Å². The molecular weight excluding hydrogens is 367 g/mol. The maximum absolute atomic E-state index is 13.8. The number of rotatable bonds is 3. The van der Waals surface area contributed by atoms with Crippen molar-refractivity contribution in [3.05, 3.63) is 34.1 Å². The first-order chi connectivity index (χ1) is 10.3. The van der Waals surface area contributed by atoms with Crippen LogP contribution in [-0.4, -0.2) is 31.1 Å². The van der Waals surface area contributed by atoms with Gasteiger partial charge in [-0.25, -0.2) is 4.39 Å². The van der Waals surface area contributed by atoms with Crippen LogP contribution in [0.15, 0.2) is 22.7 Å². The highest BCUT2D eigenvalue weighted by Crippen LogP contribution is 2.41. The lowest BCUT2D eigenvalue weighted by molar-refractivity contribution is 0.103. The highest BCUT2D eigenvalue weighted by atomic mass is 79.9. The molecule has 1 aliphatic heterocycles. The Labute approximate surface area is 147 Å². The van der Waals surface area contributed by atoms with E-state index in [-0.39, 0.29) is 18.2 Å². The molecule has 22 heavy (non-hydrogen) atoms. The second-order valence-corrected chi connectivity index (χ2v) is 7.15. The molecule has 1 N–H and O–H groups in total. The quantitative estimate of drug-likeness (QED) is 0.814. The third-order valence-corrected chi connectivity index (χ3v) is 5.64. The van der Waals surface area contributed by atoms with Crippen molar-refractivity contribution in [2.75, 3.05) is 26.2 Å². The van der Waals surface area contributed by atoms with Crippen LogP contribution in [0.4, 0.5) is 4.39 Å². The molecule has 0 radical (unpaired) electrons. The summed E-state index contributed by atoms with van der Waals surface area (Å²) >= 11 is 3.66. The largest absolute Gasteiger partial charge is 0.314 e. The zero-order chi connectivity index (χ0) is 14.7. The summed E-state index contributed by atoms with van der Waals surface area (Å²) < 4.78 is 14.8. The molecule has 0 spiro atoms. The lowest BCUT2D eigenvalue weighted by Crippen LogP contribution is -2.47. The van der Waals surface area contributed by atoms with Gasteiger partial charge in [0.2, 0.25) is 0 Å². The van der Waals surface area contributed by atoms with E-state index in [2.05, 4.69) is 26.1 Å². The molecular formula is C17H25BrClFN2. The molecule has 1 aromatic rings. The van der Waals surface area contributed by atoms with E-state index in [0.29, 0.717) is 12.0 Å². The van der Waals surface area contributed by atoms with Crippen molar-refractivity contribution < 1.29 is 4.39 Å². The van der Waals surface area contributed by atoms with Gasteiger partial charge in [-0.1, -0.05) is 35.2 Å². The molecule has 0 unspecified atom stereocenters. The van der Waals surface area contributed by atoms with Crippen molar-refractivity contribution >= 4 is 28.3 Å². The van der Waals surface area contributed by atoms with Crippen LogP contribution in [0.1, 0.15) is 43.7 Å². The maximum atomic E-state index is 13.8. The average molecular weight is 392 g/mol. The van der Waals surface area contributed by atoms with Gasteiger partial charge in [-0.05, 0) is 42.5 Å². The number of nitrogens with one attached hydrogen (secondary N) is 1. The molecule has 0 amide bonds. The average Bonchev–Trinajstić information content (AvgIpc) is 2.53. The third-order valence-electron chi connectivity index (χ3n) is 4.92. The van der Waals surface area contributed by atoms with Crippen molar-refractivity contribution in [1.29, 1.82) is 0 Å². The van der Waals surface area contributed by atoms with Crippen LogP contribution in [0.2, 0.25) is 0 Å². The SMILES string of the molecule is Cl.Fc1ccc(Br)c([C@H](C2CCCCC2)N2CCNCC2)c1. The van der Waals surface area contributed by atoms with Gasteiger partial charge >= 0.3 is 0 Å². The zero-order valence-corrected chi connectivity index (χ0v) is 15.3. The van der Waals surface area contributed by atoms with E-state index in [4.69, 9.17) is 0 Å². The number of hydrogen-bond donors (Lipinski definition) is 1. The van der Waals surface area contributed by atoms with E-state index >= 15 is 0 Å². The Bertz CT molecular complexity index is 456. The number of benzene rings is 1. The summed E-state index contributed by atoms with van der Waals surface area (Å²) in [6, 6.07) is 5.51.